The molecule has 550 valence electrons. The van der Waals surface area contributed by atoms with Gasteiger partial charge in [-0.2, -0.15) is 4.98 Å². The van der Waals surface area contributed by atoms with Crippen LogP contribution in [0.15, 0.2) is 64.5 Å². The number of fused-ring (bicyclic) bond motifs is 1. The first-order chi connectivity index (χ1) is 47.9. The fraction of sp³-hybridized carbons (Fsp3) is 0.483. The zero-order valence-electron chi connectivity index (χ0n) is 55.1. The number of guanidine groups is 1. The van der Waals surface area contributed by atoms with Crippen LogP contribution in [0.4, 0.5) is 17.3 Å². The maximum absolute atomic E-state index is 13.9. The molecule has 1 saturated heterocycles. The van der Waals surface area contributed by atoms with Crippen LogP contribution in [0, 0.1) is 0 Å². The first-order valence-electron chi connectivity index (χ1n) is 31.4. The number of likely N-dealkylation sites (N-methyl/N-ethyl adjacent to an activating group) is 2. The van der Waals surface area contributed by atoms with Crippen molar-refractivity contribution in [3.8, 4) is 0 Å². The number of H-pyrrole nitrogens is 1. The molecule has 3 heterocycles. The van der Waals surface area contributed by atoms with Gasteiger partial charge >= 0.3 is 35.8 Å². The third-order valence-electron chi connectivity index (χ3n) is 15.2. The Morgan fingerprint density at radius 1 is 0.683 bits per heavy atom. The number of rotatable bonds is 38. The molecule has 38 nitrogen and oxygen atoms in total. The summed E-state index contributed by atoms with van der Waals surface area (Å²) in [6, 6.07) is 4.04. The number of carbonyl (C=O) groups excluding carboxylic acids is 5. The Morgan fingerprint density at radius 3 is 1.91 bits per heavy atom. The highest BCUT2D eigenvalue weighted by Crippen LogP contribution is 2.22. The highest BCUT2D eigenvalue weighted by Gasteiger charge is 2.34. The van der Waals surface area contributed by atoms with Gasteiger partial charge in [0.15, 0.2) is 22.2 Å². The van der Waals surface area contributed by atoms with Gasteiger partial charge in [-0.05, 0) is 94.0 Å². The Kier molecular flexibility index (Phi) is 33.5. The van der Waals surface area contributed by atoms with E-state index in [0.29, 0.717) is 75.1 Å². The summed E-state index contributed by atoms with van der Waals surface area (Å²) in [5, 5.41) is 79.6. The standard InChI is InChI=1S/C60H84N20O18S3/c1-77-17-18-78(2)29-38(80(31-48(88)89)22-21-79(20-19-77)30-47(86)87)24-33-5-9-36(10-6-33)69-60(99)65-16-23-100-101-32-43(57(97)98)74-54(93)42(26-46(84)85)73-52(91)39(4-3-15-64-58(61)62)71-53(92)41(25-45(82)83)70-44(81)14-13-40(56(95)96)72-51(90)34-7-11-35(12-8-34)66-27-37-28-67-50-49(68-37)55(94)76-59(63)75-50/h5-12,28,38-43,66H,3-4,13-27,29-32H2,1-2H3,(H,70,81)(H,71,92)(H,72,90)(H,73,91)(H,74,93)(H,82,83)(H,84,85)(H,86,87)(H,88,89)(H,95,96)(H,97,98)(H4,61,62,64)(H2,65,69,99)(H3,63,67,75,76,94)/t38?,39-,40-,41-,42-,43-/m0/s1. The highest BCUT2D eigenvalue weighted by molar-refractivity contribution is 8.76. The number of nitrogens with one attached hydrogen (secondary N) is 9. The molecule has 4 aromatic rings. The number of benzene rings is 2. The molecule has 41 heteroatoms. The predicted octanol–water partition coefficient (Wildman–Crippen LogP) is -3.17. The number of thiocarbonyl (C=S) groups is 1. The molecular weight excluding hydrogens is 1380 g/mol. The van der Waals surface area contributed by atoms with Gasteiger partial charge in [0.1, 0.15) is 30.2 Å². The maximum atomic E-state index is 13.9. The number of anilines is 3. The van der Waals surface area contributed by atoms with E-state index in [0.717, 1.165) is 22.9 Å². The molecule has 0 radical (unpaired) electrons. The average molecular weight is 1470 g/mol. The Hall–Kier alpha value is -10.1. The van der Waals surface area contributed by atoms with Crippen molar-refractivity contribution in [1.29, 1.82) is 0 Å². The van der Waals surface area contributed by atoms with Crippen LogP contribution in [0.25, 0.3) is 11.2 Å². The summed E-state index contributed by atoms with van der Waals surface area (Å²) >= 11 is 5.50. The number of nitrogens with two attached hydrogens (primary N) is 3. The van der Waals surface area contributed by atoms with Gasteiger partial charge in [0.05, 0.1) is 44.4 Å². The summed E-state index contributed by atoms with van der Waals surface area (Å²) in [4.78, 5) is 179. The zero-order chi connectivity index (χ0) is 74.3. The van der Waals surface area contributed by atoms with E-state index < -0.39 is 127 Å². The van der Waals surface area contributed by atoms with Crippen LogP contribution >= 0.6 is 33.8 Å². The van der Waals surface area contributed by atoms with Crippen LogP contribution in [-0.4, -0.2) is 280 Å². The van der Waals surface area contributed by atoms with Crippen molar-refractivity contribution in [2.24, 2.45) is 16.5 Å². The fourth-order valence-corrected chi connectivity index (χ4v) is 12.2. The zero-order valence-corrected chi connectivity index (χ0v) is 57.6. The number of hydrogen-bond acceptors (Lipinski definition) is 25. The van der Waals surface area contributed by atoms with Gasteiger partial charge in [-0.1, -0.05) is 33.7 Å². The minimum atomic E-state index is -1.95. The third kappa shape index (κ3) is 30.1. The lowest BCUT2D eigenvalue weighted by molar-refractivity contribution is -0.143. The van der Waals surface area contributed by atoms with Gasteiger partial charge in [0.25, 0.3) is 11.5 Å². The number of hydrogen-bond donors (Lipinski definition) is 18. The molecule has 2 aromatic carbocycles. The molecule has 1 fully saturated rings. The molecule has 2 aromatic heterocycles. The van der Waals surface area contributed by atoms with Crippen molar-refractivity contribution >= 4 is 139 Å². The summed E-state index contributed by atoms with van der Waals surface area (Å²) in [7, 11) is 6.21. The van der Waals surface area contributed by atoms with Gasteiger partial charge in [0, 0.05) is 99.8 Å². The lowest BCUT2D eigenvalue weighted by atomic mass is 10.0. The van der Waals surface area contributed by atoms with E-state index in [1.54, 1.807) is 0 Å². The van der Waals surface area contributed by atoms with Crippen molar-refractivity contribution in [1.82, 2.24) is 71.4 Å². The summed E-state index contributed by atoms with van der Waals surface area (Å²) in [6.07, 6.45) is -1.95. The van der Waals surface area contributed by atoms with Gasteiger partial charge in [-0.3, -0.25) is 67.7 Å². The summed E-state index contributed by atoms with van der Waals surface area (Å²) in [5.74, 6) is -14.3. The summed E-state index contributed by atoms with van der Waals surface area (Å²) in [5.41, 5.74) is 18.3. The molecule has 6 atom stereocenters. The van der Waals surface area contributed by atoms with Gasteiger partial charge in [0.2, 0.25) is 29.6 Å². The lowest BCUT2D eigenvalue weighted by Gasteiger charge is -2.36. The molecule has 0 saturated carbocycles. The van der Waals surface area contributed by atoms with E-state index >= 15 is 0 Å². The van der Waals surface area contributed by atoms with Crippen LogP contribution in [-0.2, 0) is 60.9 Å². The number of nitrogen functional groups attached to an aromatic ring is 1. The lowest BCUT2D eigenvalue weighted by Crippen LogP contribution is -2.58. The molecular formula is C60H84N20O18S3. The predicted molar refractivity (Wildman–Crippen MR) is 375 cm³/mol. The van der Waals surface area contributed by atoms with Crippen LogP contribution in [0.5, 0.6) is 0 Å². The number of carboxylic acids is 6. The number of aromatic nitrogens is 4. The van der Waals surface area contributed by atoms with Gasteiger partial charge in [-0.15, -0.1) is 0 Å². The molecule has 5 amide bonds. The Morgan fingerprint density at radius 2 is 1.28 bits per heavy atom. The van der Waals surface area contributed by atoms with E-state index in [9.17, 15) is 88.2 Å². The number of aromatic amines is 1. The fourth-order valence-electron chi connectivity index (χ4n) is 9.93. The first-order valence-corrected chi connectivity index (χ1v) is 34.3. The average Bonchev–Trinajstić information content (AvgIpc) is 0.796. The number of aliphatic imine (C=N–C) groups is 1. The molecule has 5 rings (SSSR count). The Labute approximate surface area is 590 Å². The van der Waals surface area contributed by atoms with E-state index in [-0.39, 0.29) is 84.6 Å². The number of carbonyl (C=O) groups is 11. The van der Waals surface area contributed by atoms with Crippen LogP contribution in [0.2, 0.25) is 0 Å². The minimum Gasteiger partial charge on any atom is -0.481 e. The van der Waals surface area contributed by atoms with Crippen LogP contribution < -0.4 is 65.3 Å². The van der Waals surface area contributed by atoms with E-state index in [1.165, 1.54) is 41.3 Å². The smallest absolute Gasteiger partial charge is 0.327 e. The molecule has 21 N–H and O–H groups in total. The van der Waals surface area contributed by atoms with E-state index in [1.807, 2.05) is 48.2 Å². The SMILES string of the molecule is CN1CCN(C)CC(Cc2ccc(NC(=S)NCCSSC[C@H](NC(=O)[C@H](CC(=O)O)NC(=O)[C@H](CCCN=C(N)N)NC(=O)[C@H](CC(=O)O)NC(=O)CC[C@H](NC(=O)c3ccc(NCc4cnc5nc(N)[nH]c(=O)c5n4)cc3)C(=O)O)C(=O)O)cc2)N(CC(=O)O)CCN(CC(=O)O)CC1. The highest BCUT2D eigenvalue weighted by atomic mass is 33.1. The van der Waals surface area contributed by atoms with Crippen molar-refractivity contribution in [3.63, 3.8) is 0 Å². The molecule has 0 aliphatic carbocycles. The monoisotopic (exact) mass is 1470 g/mol. The van der Waals surface area contributed by atoms with E-state index in [2.05, 4.69) is 77.3 Å². The second-order valence-corrected chi connectivity index (χ2v) is 26.3. The number of aliphatic carboxylic acids is 6. The second-order valence-electron chi connectivity index (χ2n) is 23.2. The molecule has 101 heavy (non-hydrogen) atoms. The molecule has 0 bridgehead atoms. The number of carboxylic acid groups (broad SMARTS) is 6. The van der Waals surface area contributed by atoms with Crippen molar-refractivity contribution in [2.45, 2.75) is 87.7 Å². The maximum Gasteiger partial charge on any atom is 0.327 e. The number of nitrogens with zero attached hydrogens (tertiary/aromatic N) is 8. The van der Waals surface area contributed by atoms with E-state index in [4.69, 9.17) is 29.4 Å². The third-order valence-corrected chi connectivity index (χ3v) is 17.8. The van der Waals surface area contributed by atoms with Crippen molar-refractivity contribution in [3.05, 3.63) is 81.9 Å². The number of amides is 5. The first kappa shape index (κ1) is 81.6. The summed E-state index contributed by atoms with van der Waals surface area (Å²) < 4.78 is 0. The molecule has 1 unspecified atom stereocenters. The molecule has 1 aliphatic rings. The van der Waals surface area contributed by atoms with Crippen LogP contribution in [0.3, 0.4) is 0 Å². The second kappa shape index (κ2) is 41.5. The minimum absolute atomic E-state index is 0.00966. The quantitative estimate of drug-likeness (QED) is 0.00692. The Bertz CT molecular complexity index is 3650. The normalized spacial score (nSPS) is 15.6. The van der Waals surface area contributed by atoms with Crippen molar-refractivity contribution < 1.29 is 83.4 Å². The van der Waals surface area contributed by atoms with Gasteiger partial charge < -0.3 is 100 Å². The molecule has 1 aliphatic heterocycles. The van der Waals surface area contributed by atoms with Gasteiger partial charge in [-0.25, -0.2) is 19.6 Å². The van der Waals surface area contributed by atoms with Crippen molar-refractivity contribution in [2.75, 3.05) is 114 Å². The summed E-state index contributed by atoms with van der Waals surface area (Å²) in [6.45, 7) is 3.76. The topological polar surface area (TPSA) is 580 Å². The van der Waals surface area contributed by atoms with Crippen LogP contribution in [0.1, 0.15) is 60.1 Å². The molecule has 0 spiro atoms. The largest absolute Gasteiger partial charge is 0.481 e. The Balaban J connectivity index is 1.11.